The number of hydrogen-bond donors (Lipinski definition) is 2. The number of primary amides is 1. The van der Waals surface area contributed by atoms with E-state index in [1.165, 1.54) is 11.0 Å². The molecule has 1 aromatic carbocycles. The highest BCUT2D eigenvalue weighted by Crippen LogP contribution is 2.39. The molecule has 1 fully saturated rings. The Bertz CT molecular complexity index is 924. The molecule has 0 spiro atoms. The van der Waals surface area contributed by atoms with Crippen LogP contribution in [0, 0.1) is 0 Å². The molecule has 1 aliphatic heterocycles. The van der Waals surface area contributed by atoms with E-state index < -0.39 is 37.9 Å². The van der Waals surface area contributed by atoms with Crippen molar-refractivity contribution in [3.63, 3.8) is 0 Å². The largest absolute Gasteiger partial charge is 0.444 e. The Hall–Kier alpha value is -2.10. The van der Waals surface area contributed by atoms with Crippen LogP contribution in [0.25, 0.3) is 0 Å². The zero-order chi connectivity index (χ0) is 25.4. The van der Waals surface area contributed by atoms with Gasteiger partial charge in [0.05, 0.1) is 22.4 Å². The van der Waals surface area contributed by atoms with Crippen molar-refractivity contribution in [1.82, 2.24) is 4.90 Å². The predicted octanol–water partition coefficient (Wildman–Crippen LogP) is 4.78. The number of amides is 3. The Morgan fingerprint density at radius 3 is 2.27 bits per heavy atom. The monoisotopic (exact) mass is 497 g/mol. The standard InChI is InChI=1S/C23H36ClN3O5Si/c1-22(2,3)31-21(30)27-13-14(32-33(7,8)23(4,5)6)12-17(27)20(29)26-16-11-9-10-15(24)18(16)19(25)28/h9-11,14,17H,12-13H2,1-8H3,(H2,25,28)(H,26,29)/t14-,17+/m1/s1. The average Bonchev–Trinajstić information content (AvgIpc) is 3.02. The van der Waals surface area contributed by atoms with Gasteiger partial charge in [0.1, 0.15) is 11.6 Å². The number of benzene rings is 1. The van der Waals surface area contributed by atoms with Gasteiger partial charge in [0.25, 0.3) is 5.91 Å². The van der Waals surface area contributed by atoms with Gasteiger partial charge in [0, 0.05) is 13.0 Å². The molecule has 3 N–H and O–H groups in total. The first-order chi connectivity index (χ1) is 14.9. The van der Waals surface area contributed by atoms with Crippen LogP contribution < -0.4 is 11.1 Å². The lowest BCUT2D eigenvalue weighted by molar-refractivity contribution is -0.120. The van der Waals surface area contributed by atoms with Crippen LogP contribution in [-0.2, 0) is 14.0 Å². The maximum Gasteiger partial charge on any atom is 0.411 e. The van der Waals surface area contributed by atoms with Gasteiger partial charge in [-0.2, -0.15) is 0 Å². The Labute approximate surface area is 202 Å². The molecule has 0 aliphatic carbocycles. The summed E-state index contributed by atoms with van der Waals surface area (Å²) in [6.45, 7) is 16.2. The number of nitrogens with two attached hydrogens (primary N) is 1. The zero-order valence-electron chi connectivity index (χ0n) is 20.7. The summed E-state index contributed by atoms with van der Waals surface area (Å²) in [5.74, 6) is -1.22. The van der Waals surface area contributed by atoms with Gasteiger partial charge in [0.15, 0.2) is 8.32 Å². The molecular weight excluding hydrogens is 462 g/mol. The van der Waals surface area contributed by atoms with Gasteiger partial charge < -0.3 is 20.2 Å². The quantitative estimate of drug-likeness (QED) is 0.569. The van der Waals surface area contributed by atoms with Crippen molar-refractivity contribution in [2.75, 3.05) is 11.9 Å². The molecule has 33 heavy (non-hydrogen) atoms. The highest BCUT2D eigenvalue weighted by Gasteiger charge is 2.46. The number of likely N-dealkylation sites (tertiary alicyclic amines) is 1. The van der Waals surface area contributed by atoms with Crippen LogP contribution in [0.2, 0.25) is 23.2 Å². The van der Waals surface area contributed by atoms with E-state index in [1.54, 1.807) is 32.9 Å². The molecule has 0 radical (unpaired) electrons. The molecule has 0 aromatic heterocycles. The third-order valence-electron chi connectivity index (χ3n) is 5.98. The maximum atomic E-state index is 13.3. The fourth-order valence-corrected chi connectivity index (χ4v) is 4.97. The van der Waals surface area contributed by atoms with Crippen molar-refractivity contribution < 1.29 is 23.5 Å². The first-order valence-corrected chi connectivity index (χ1v) is 14.3. The minimum absolute atomic E-state index is 0.0170. The molecule has 0 saturated carbocycles. The second-order valence-corrected chi connectivity index (χ2v) is 16.1. The van der Waals surface area contributed by atoms with Crippen molar-refractivity contribution in [3.8, 4) is 0 Å². The molecule has 3 amide bonds. The number of hydrogen-bond acceptors (Lipinski definition) is 5. The molecule has 0 bridgehead atoms. The maximum absolute atomic E-state index is 13.3. The van der Waals surface area contributed by atoms with Gasteiger partial charge in [-0.15, -0.1) is 0 Å². The van der Waals surface area contributed by atoms with Gasteiger partial charge >= 0.3 is 6.09 Å². The van der Waals surface area contributed by atoms with Crippen molar-refractivity contribution in [1.29, 1.82) is 0 Å². The summed E-state index contributed by atoms with van der Waals surface area (Å²) < 4.78 is 12.0. The second-order valence-electron chi connectivity index (χ2n) is 10.9. The minimum Gasteiger partial charge on any atom is -0.444 e. The van der Waals surface area contributed by atoms with Crippen molar-refractivity contribution in [3.05, 3.63) is 28.8 Å². The van der Waals surface area contributed by atoms with Gasteiger partial charge in [-0.1, -0.05) is 38.4 Å². The number of anilines is 1. The smallest absolute Gasteiger partial charge is 0.411 e. The third kappa shape index (κ3) is 6.71. The van der Waals surface area contributed by atoms with E-state index in [4.69, 9.17) is 26.5 Å². The third-order valence-corrected chi connectivity index (χ3v) is 10.8. The molecule has 1 aliphatic rings. The fraction of sp³-hybridized carbons (Fsp3) is 0.609. The topological polar surface area (TPSA) is 111 Å². The van der Waals surface area contributed by atoms with Crippen molar-refractivity contribution in [2.45, 2.75) is 83.8 Å². The lowest BCUT2D eigenvalue weighted by Gasteiger charge is -2.38. The predicted molar refractivity (Wildman–Crippen MR) is 132 cm³/mol. The van der Waals surface area contributed by atoms with Crippen molar-refractivity contribution in [2.24, 2.45) is 5.73 Å². The Balaban J connectivity index is 2.32. The molecule has 2 atom stereocenters. The summed E-state index contributed by atoms with van der Waals surface area (Å²) in [7, 11) is -2.14. The summed E-state index contributed by atoms with van der Waals surface area (Å²) in [4.78, 5) is 39.5. The first kappa shape index (κ1) is 27.1. The number of ether oxygens (including phenoxy) is 1. The number of rotatable bonds is 5. The summed E-state index contributed by atoms with van der Waals surface area (Å²) in [6, 6.07) is 3.83. The Morgan fingerprint density at radius 1 is 1.15 bits per heavy atom. The van der Waals surface area contributed by atoms with Gasteiger partial charge in [-0.25, -0.2) is 4.79 Å². The number of halogens is 1. The average molecular weight is 498 g/mol. The normalized spacial score (nSPS) is 19.4. The summed E-state index contributed by atoms with van der Waals surface area (Å²) in [5.41, 5.74) is 4.94. The zero-order valence-corrected chi connectivity index (χ0v) is 22.5. The lowest BCUT2D eigenvalue weighted by atomic mass is 10.1. The van der Waals surface area contributed by atoms with E-state index in [2.05, 4.69) is 39.2 Å². The Kier molecular flexibility index (Phi) is 7.93. The molecule has 1 heterocycles. The molecule has 184 valence electrons. The molecule has 2 rings (SSSR count). The van der Waals surface area contributed by atoms with E-state index in [1.807, 2.05) is 0 Å². The van der Waals surface area contributed by atoms with E-state index in [0.717, 1.165) is 0 Å². The van der Waals surface area contributed by atoms with Crippen LogP contribution in [0.5, 0.6) is 0 Å². The van der Waals surface area contributed by atoms with Gasteiger partial charge in [-0.05, 0) is 51.0 Å². The molecule has 1 saturated heterocycles. The van der Waals surface area contributed by atoms with Crippen LogP contribution in [-0.4, -0.2) is 55.4 Å². The number of carbonyl (C=O) groups is 3. The second kappa shape index (κ2) is 9.64. The number of carbonyl (C=O) groups excluding carboxylic acids is 3. The number of nitrogens with one attached hydrogen (secondary N) is 1. The van der Waals surface area contributed by atoms with E-state index in [-0.39, 0.29) is 34.0 Å². The highest BCUT2D eigenvalue weighted by atomic mass is 35.5. The number of nitrogens with zero attached hydrogens (tertiary/aromatic N) is 1. The van der Waals surface area contributed by atoms with E-state index in [0.29, 0.717) is 6.42 Å². The van der Waals surface area contributed by atoms with Gasteiger partial charge in [-0.3, -0.25) is 14.5 Å². The minimum atomic E-state index is -2.14. The van der Waals surface area contributed by atoms with Gasteiger partial charge in [0.2, 0.25) is 5.91 Å². The highest BCUT2D eigenvalue weighted by molar-refractivity contribution is 6.74. The fourth-order valence-electron chi connectivity index (χ4n) is 3.34. The summed E-state index contributed by atoms with van der Waals surface area (Å²) >= 11 is 6.11. The van der Waals surface area contributed by atoms with Crippen LogP contribution in [0.1, 0.15) is 58.3 Å². The van der Waals surface area contributed by atoms with E-state index >= 15 is 0 Å². The van der Waals surface area contributed by atoms with E-state index in [9.17, 15) is 14.4 Å². The summed E-state index contributed by atoms with van der Waals surface area (Å²) in [5, 5.41) is 2.83. The summed E-state index contributed by atoms with van der Waals surface area (Å²) in [6.07, 6.45) is -0.598. The SMILES string of the molecule is CC(C)(C)OC(=O)N1C[C@H](O[Si](C)(C)C(C)(C)C)C[C@H]1C(=O)Nc1cccc(Cl)c1C(N)=O. The van der Waals surface area contributed by atoms with Crippen LogP contribution >= 0.6 is 11.6 Å². The van der Waals surface area contributed by atoms with Crippen LogP contribution in [0.15, 0.2) is 18.2 Å². The van der Waals surface area contributed by atoms with Crippen molar-refractivity contribution >= 4 is 43.5 Å². The lowest BCUT2D eigenvalue weighted by Crippen LogP contribution is -2.46. The molecule has 0 unspecified atom stereocenters. The molecular formula is C23H36ClN3O5Si. The molecule has 10 heteroatoms. The molecule has 1 aromatic rings. The first-order valence-electron chi connectivity index (χ1n) is 11.0. The van der Waals surface area contributed by atoms with Crippen LogP contribution in [0.3, 0.4) is 0 Å². The molecule has 8 nitrogen and oxygen atoms in total. The van der Waals surface area contributed by atoms with Crippen LogP contribution in [0.4, 0.5) is 10.5 Å². The Morgan fingerprint density at radius 2 is 1.76 bits per heavy atom.